The number of urea groups is 1. The summed E-state index contributed by atoms with van der Waals surface area (Å²) in [5.74, 6) is 0.361. The second kappa shape index (κ2) is 7.98. The van der Waals surface area contributed by atoms with E-state index in [-0.39, 0.29) is 18.6 Å². The zero-order valence-electron chi connectivity index (χ0n) is 13.9. The quantitative estimate of drug-likeness (QED) is 0.503. The van der Waals surface area contributed by atoms with E-state index in [0.717, 1.165) is 5.56 Å². The third-order valence-corrected chi connectivity index (χ3v) is 3.58. The molecule has 0 radical (unpaired) electrons. The predicted octanol–water partition coefficient (Wildman–Crippen LogP) is 0.800. The fourth-order valence-corrected chi connectivity index (χ4v) is 2.45. The first kappa shape index (κ1) is 18.0. The molecular formula is C16H24N4O4. The summed E-state index contributed by atoms with van der Waals surface area (Å²) >= 11 is 0. The number of anilines is 2. The molecule has 1 atom stereocenters. The molecule has 1 aromatic carbocycles. The summed E-state index contributed by atoms with van der Waals surface area (Å²) in [5.41, 5.74) is 7.04. The molecule has 8 nitrogen and oxygen atoms in total. The van der Waals surface area contributed by atoms with Crippen LogP contribution >= 0.6 is 0 Å². The van der Waals surface area contributed by atoms with Crippen molar-refractivity contribution in [2.45, 2.75) is 38.8 Å². The Morgan fingerprint density at radius 2 is 2.17 bits per heavy atom. The summed E-state index contributed by atoms with van der Waals surface area (Å²) in [5, 5.41) is 18.4. The maximum Gasteiger partial charge on any atom is 0.316 e. The maximum atomic E-state index is 11.5. The van der Waals surface area contributed by atoms with Crippen LogP contribution in [0.3, 0.4) is 0 Å². The lowest BCUT2D eigenvalue weighted by Crippen LogP contribution is -2.35. The molecule has 1 aromatic rings. The molecule has 2 rings (SSSR count). The van der Waals surface area contributed by atoms with Crippen molar-refractivity contribution in [3.05, 3.63) is 17.7 Å². The van der Waals surface area contributed by atoms with E-state index in [1.165, 1.54) is 0 Å². The van der Waals surface area contributed by atoms with Crippen LogP contribution in [0.4, 0.5) is 16.2 Å². The van der Waals surface area contributed by atoms with Gasteiger partial charge in [-0.1, -0.05) is 13.8 Å². The number of carbonyl (C=O) groups is 2. The van der Waals surface area contributed by atoms with Gasteiger partial charge in [-0.2, -0.15) is 0 Å². The van der Waals surface area contributed by atoms with Crippen molar-refractivity contribution in [3.8, 4) is 5.75 Å². The van der Waals surface area contributed by atoms with E-state index in [2.05, 4.69) is 16.0 Å². The van der Waals surface area contributed by atoms with Crippen molar-refractivity contribution in [1.29, 1.82) is 0 Å². The van der Waals surface area contributed by atoms with Crippen LogP contribution in [0.15, 0.2) is 12.1 Å². The number of nitrogens with two attached hydrogens (primary N) is 1. The highest BCUT2D eigenvalue weighted by Crippen LogP contribution is 2.37. The van der Waals surface area contributed by atoms with Gasteiger partial charge in [0.2, 0.25) is 5.91 Å². The highest BCUT2D eigenvalue weighted by atomic mass is 16.5. The van der Waals surface area contributed by atoms with Crippen molar-refractivity contribution >= 4 is 23.3 Å². The largest absolute Gasteiger partial charge is 0.488 e. The molecule has 0 spiro atoms. The van der Waals surface area contributed by atoms with Gasteiger partial charge in [-0.05, 0) is 18.6 Å². The van der Waals surface area contributed by atoms with Gasteiger partial charge in [-0.15, -0.1) is 0 Å². The Hall–Kier alpha value is -2.32. The average molecular weight is 336 g/mol. The maximum absolute atomic E-state index is 11.5. The van der Waals surface area contributed by atoms with E-state index in [0.29, 0.717) is 36.5 Å². The van der Waals surface area contributed by atoms with Crippen LogP contribution in [0.25, 0.3) is 0 Å². The van der Waals surface area contributed by atoms with E-state index >= 15 is 0 Å². The Bertz CT molecular complexity index is 618. The fraction of sp³-hybridized carbons (Fsp3) is 0.500. The van der Waals surface area contributed by atoms with E-state index in [1.54, 1.807) is 12.1 Å². The SMILES string of the molecule is CC(C)NCC(O)COc1c(NC(N)=O)ccc2c1CCC(=O)N2. The van der Waals surface area contributed by atoms with E-state index in [4.69, 9.17) is 10.5 Å². The summed E-state index contributed by atoms with van der Waals surface area (Å²) in [6, 6.07) is 2.86. The molecule has 6 N–H and O–H groups in total. The van der Waals surface area contributed by atoms with Gasteiger partial charge in [0.05, 0.1) is 5.69 Å². The number of hydrogen-bond donors (Lipinski definition) is 5. The number of primary amides is 1. The van der Waals surface area contributed by atoms with E-state index in [9.17, 15) is 14.7 Å². The third kappa shape index (κ3) is 4.84. The van der Waals surface area contributed by atoms with Crippen LogP contribution in [-0.2, 0) is 11.2 Å². The summed E-state index contributed by atoms with van der Waals surface area (Å²) in [7, 11) is 0. The number of aliphatic hydroxyl groups excluding tert-OH is 1. The number of hydrogen-bond acceptors (Lipinski definition) is 5. The molecule has 1 unspecified atom stereocenters. The van der Waals surface area contributed by atoms with Crippen LogP contribution in [0.5, 0.6) is 5.75 Å². The lowest BCUT2D eigenvalue weighted by molar-refractivity contribution is -0.116. The van der Waals surface area contributed by atoms with Crippen molar-refractivity contribution in [1.82, 2.24) is 5.32 Å². The van der Waals surface area contributed by atoms with Crippen molar-refractivity contribution in [3.63, 3.8) is 0 Å². The Morgan fingerprint density at radius 1 is 1.42 bits per heavy atom. The molecule has 0 fully saturated rings. The number of amides is 3. The third-order valence-electron chi connectivity index (χ3n) is 3.58. The minimum Gasteiger partial charge on any atom is -0.488 e. The number of carbonyl (C=O) groups excluding carboxylic acids is 2. The van der Waals surface area contributed by atoms with Gasteiger partial charge in [0.25, 0.3) is 0 Å². The normalized spacial score (nSPS) is 14.8. The topological polar surface area (TPSA) is 126 Å². The van der Waals surface area contributed by atoms with Crippen LogP contribution in [0.2, 0.25) is 0 Å². The molecule has 3 amide bonds. The first-order valence-corrected chi connectivity index (χ1v) is 7.93. The minimum absolute atomic E-state index is 0.0531. The molecule has 0 bridgehead atoms. The first-order chi connectivity index (χ1) is 11.4. The highest BCUT2D eigenvalue weighted by molar-refractivity contribution is 5.97. The number of nitrogens with one attached hydrogen (secondary N) is 3. The zero-order chi connectivity index (χ0) is 17.7. The van der Waals surface area contributed by atoms with Gasteiger partial charge >= 0.3 is 6.03 Å². The van der Waals surface area contributed by atoms with Gasteiger partial charge in [0.1, 0.15) is 18.5 Å². The fourth-order valence-electron chi connectivity index (χ4n) is 2.45. The number of ether oxygens (including phenoxy) is 1. The van der Waals surface area contributed by atoms with Gasteiger partial charge in [0, 0.05) is 30.3 Å². The summed E-state index contributed by atoms with van der Waals surface area (Å²) < 4.78 is 5.75. The lowest BCUT2D eigenvalue weighted by Gasteiger charge is -2.23. The van der Waals surface area contributed by atoms with Crippen molar-refractivity contribution < 1.29 is 19.4 Å². The Balaban J connectivity index is 2.16. The van der Waals surface area contributed by atoms with Crippen LogP contribution in [0.1, 0.15) is 25.8 Å². The molecule has 0 aliphatic carbocycles. The molecule has 1 aliphatic heterocycles. The zero-order valence-corrected chi connectivity index (χ0v) is 13.9. The number of fused-ring (bicyclic) bond motifs is 1. The summed E-state index contributed by atoms with van der Waals surface area (Å²) in [6.45, 7) is 4.41. The second-order valence-corrected chi connectivity index (χ2v) is 6.03. The van der Waals surface area contributed by atoms with Gasteiger partial charge in [-0.3, -0.25) is 4.79 Å². The standard InChI is InChI=1S/C16H24N4O4/c1-9(2)18-7-10(21)8-24-15-11-3-6-14(22)19-12(11)4-5-13(15)20-16(17)23/h4-5,9-10,18,21H,3,6-8H2,1-2H3,(H,19,22)(H3,17,20,23). The smallest absolute Gasteiger partial charge is 0.316 e. The monoisotopic (exact) mass is 336 g/mol. The molecule has 132 valence electrons. The second-order valence-electron chi connectivity index (χ2n) is 6.03. The molecule has 1 heterocycles. The molecule has 0 saturated carbocycles. The minimum atomic E-state index is -0.707. The van der Waals surface area contributed by atoms with Crippen LogP contribution in [0, 0.1) is 0 Å². The van der Waals surface area contributed by atoms with Crippen LogP contribution < -0.4 is 26.4 Å². The molecule has 1 aliphatic rings. The molecule has 0 aromatic heterocycles. The molecule has 0 saturated heterocycles. The molecular weight excluding hydrogens is 312 g/mol. The molecule has 8 heteroatoms. The Labute approximate surface area is 140 Å². The number of aliphatic hydroxyl groups is 1. The van der Waals surface area contributed by atoms with Crippen LogP contribution in [-0.4, -0.2) is 42.3 Å². The van der Waals surface area contributed by atoms with E-state index in [1.807, 2.05) is 13.8 Å². The van der Waals surface area contributed by atoms with Gasteiger partial charge in [0.15, 0.2) is 0 Å². The number of rotatable bonds is 7. The van der Waals surface area contributed by atoms with E-state index < -0.39 is 12.1 Å². The average Bonchev–Trinajstić information content (AvgIpc) is 2.51. The van der Waals surface area contributed by atoms with Crippen molar-refractivity contribution in [2.24, 2.45) is 5.73 Å². The number of benzene rings is 1. The Kier molecular flexibility index (Phi) is 5.99. The highest BCUT2D eigenvalue weighted by Gasteiger charge is 2.22. The van der Waals surface area contributed by atoms with Gasteiger partial charge < -0.3 is 31.5 Å². The van der Waals surface area contributed by atoms with Crippen molar-refractivity contribution in [2.75, 3.05) is 23.8 Å². The first-order valence-electron chi connectivity index (χ1n) is 7.93. The Morgan fingerprint density at radius 3 is 2.83 bits per heavy atom. The summed E-state index contributed by atoms with van der Waals surface area (Å²) in [6.07, 6.45) is 0.120. The lowest BCUT2D eigenvalue weighted by atomic mass is 10.0. The predicted molar refractivity (Wildman–Crippen MR) is 91.2 cm³/mol. The molecule has 24 heavy (non-hydrogen) atoms. The van der Waals surface area contributed by atoms with Gasteiger partial charge in [-0.25, -0.2) is 4.79 Å². The summed E-state index contributed by atoms with van der Waals surface area (Å²) in [4.78, 5) is 22.7.